The number of ether oxygens (including phenoxy) is 1. The van der Waals surface area contributed by atoms with E-state index in [-0.39, 0.29) is 12.5 Å². The van der Waals surface area contributed by atoms with E-state index >= 15 is 0 Å². The van der Waals surface area contributed by atoms with Gasteiger partial charge < -0.3 is 21.1 Å². The van der Waals surface area contributed by atoms with Gasteiger partial charge in [0.25, 0.3) is 0 Å². The van der Waals surface area contributed by atoms with Gasteiger partial charge in [-0.2, -0.15) is 0 Å². The molecule has 0 aliphatic carbocycles. The van der Waals surface area contributed by atoms with E-state index in [4.69, 9.17) is 10.5 Å². The second-order valence-corrected chi connectivity index (χ2v) is 4.71. The number of carbonyl (C=O) groups excluding carboxylic acids is 1. The van der Waals surface area contributed by atoms with Crippen LogP contribution >= 0.6 is 0 Å². The first-order chi connectivity index (χ1) is 10.7. The minimum atomic E-state index is -0.257. The highest BCUT2D eigenvalue weighted by atomic mass is 16.5. The summed E-state index contributed by atoms with van der Waals surface area (Å²) in [6, 6.07) is 11.6. The van der Waals surface area contributed by atoms with Crippen LogP contribution in [0.2, 0.25) is 0 Å². The lowest BCUT2D eigenvalue weighted by atomic mass is 10.1. The third-order valence-electron chi connectivity index (χ3n) is 3.12. The number of nitrogens with zero attached hydrogens (tertiary/aromatic N) is 1. The average molecular weight is 300 g/mol. The first-order valence-corrected chi connectivity index (χ1v) is 7.04. The lowest BCUT2D eigenvalue weighted by Crippen LogP contribution is -2.22. The summed E-state index contributed by atoms with van der Waals surface area (Å²) in [7, 11) is 1.66. The monoisotopic (exact) mass is 300 g/mol. The molecule has 6 heteroatoms. The fourth-order valence-corrected chi connectivity index (χ4v) is 1.91. The molecular weight excluding hydrogens is 280 g/mol. The van der Waals surface area contributed by atoms with Crippen molar-refractivity contribution in [3.63, 3.8) is 0 Å². The van der Waals surface area contributed by atoms with E-state index in [9.17, 15) is 4.79 Å². The first-order valence-electron chi connectivity index (χ1n) is 7.04. The average Bonchev–Trinajstić information content (AvgIpc) is 2.57. The topological polar surface area (TPSA) is 89.3 Å². The maximum atomic E-state index is 11.1. The zero-order chi connectivity index (χ0) is 15.8. The van der Waals surface area contributed by atoms with E-state index in [1.807, 2.05) is 30.3 Å². The number of carbonyl (C=O) groups is 1. The van der Waals surface area contributed by atoms with Crippen molar-refractivity contribution in [2.45, 2.75) is 6.42 Å². The molecule has 116 valence electrons. The van der Waals surface area contributed by atoms with Crippen molar-refractivity contribution in [3.8, 4) is 5.75 Å². The number of benzene rings is 1. The SMILES string of the molecule is COc1ccc(CCNc2ccc(NC(=O)CN)nc2)cc1. The number of hydrogen-bond donors (Lipinski definition) is 3. The molecule has 0 radical (unpaired) electrons. The number of nitrogens with two attached hydrogens (primary N) is 1. The van der Waals surface area contributed by atoms with Crippen LogP contribution in [-0.2, 0) is 11.2 Å². The zero-order valence-electron chi connectivity index (χ0n) is 12.5. The predicted octanol–water partition coefficient (Wildman–Crippen LogP) is 1.64. The molecule has 2 rings (SSSR count). The molecular formula is C16H20N4O2. The molecule has 4 N–H and O–H groups in total. The quantitative estimate of drug-likeness (QED) is 0.723. The van der Waals surface area contributed by atoms with Crippen LogP contribution in [0.1, 0.15) is 5.56 Å². The van der Waals surface area contributed by atoms with Crippen LogP contribution in [0, 0.1) is 0 Å². The van der Waals surface area contributed by atoms with Crippen molar-refractivity contribution in [3.05, 3.63) is 48.2 Å². The Balaban J connectivity index is 1.80. The van der Waals surface area contributed by atoms with Gasteiger partial charge in [-0.1, -0.05) is 12.1 Å². The lowest BCUT2D eigenvalue weighted by Gasteiger charge is -2.08. The van der Waals surface area contributed by atoms with Crippen LogP contribution in [0.25, 0.3) is 0 Å². The summed E-state index contributed by atoms with van der Waals surface area (Å²) < 4.78 is 5.13. The molecule has 22 heavy (non-hydrogen) atoms. The van der Waals surface area contributed by atoms with Crippen molar-refractivity contribution in [2.24, 2.45) is 5.73 Å². The Morgan fingerprint density at radius 1 is 1.23 bits per heavy atom. The predicted molar refractivity (Wildman–Crippen MR) is 87.1 cm³/mol. The number of rotatable bonds is 7. The van der Waals surface area contributed by atoms with Gasteiger partial charge in [0.2, 0.25) is 5.91 Å². The normalized spacial score (nSPS) is 10.1. The number of hydrogen-bond acceptors (Lipinski definition) is 5. The van der Waals surface area contributed by atoms with Gasteiger partial charge in [-0.3, -0.25) is 4.79 Å². The van der Waals surface area contributed by atoms with Crippen molar-refractivity contribution >= 4 is 17.4 Å². The summed E-state index contributed by atoms with van der Waals surface area (Å²) >= 11 is 0. The van der Waals surface area contributed by atoms with Gasteiger partial charge in [0.1, 0.15) is 11.6 Å². The Bertz CT molecular complexity index is 597. The molecule has 1 aromatic heterocycles. The summed E-state index contributed by atoms with van der Waals surface area (Å²) in [5.41, 5.74) is 7.36. The fourth-order valence-electron chi connectivity index (χ4n) is 1.91. The third-order valence-corrected chi connectivity index (χ3v) is 3.12. The van der Waals surface area contributed by atoms with Crippen LogP contribution in [0.5, 0.6) is 5.75 Å². The number of amides is 1. The van der Waals surface area contributed by atoms with E-state index < -0.39 is 0 Å². The van der Waals surface area contributed by atoms with Crippen LogP contribution in [-0.4, -0.2) is 31.1 Å². The Kier molecular flexibility index (Phi) is 5.73. The molecule has 1 amide bonds. The van der Waals surface area contributed by atoms with E-state index in [1.165, 1.54) is 5.56 Å². The van der Waals surface area contributed by atoms with Gasteiger partial charge in [-0.25, -0.2) is 4.98 Å². The summed E-state index contributed by atoms with van der Waals surface area (Å²) in [6.45, 7) is 0.742. The van der Waals surface area contributed by atoms with E-state index in [0.29, 0.717) is 5.82 Å². The minimum Gasteiger partial charge on any atom is -0.497 e. The molecule has 6 nitrogen and oxygen atoms in total. The highest BCUT2D eigenvalue weighted by molar-refractivity contribution is 5.91. The number of nitrogens with one attached hydrogen (secondary N) is 2. The van der Waals surface area contributed by atoms with Gasteiger partial charge in [-0.05, 0) is 36.2 Å². The maximum Gasteiger partial charge on any atom is 0.239 e. The molecule has 0 unspecified atom stereocenters. The number of pyridine rings is 1. The number of anilines is 2. The van der Waals surface area contributed by atoms with Gasteiger partial charge in [0, 0.05) is 6.54 Å². The summed E-state index contributed by atoms with van der Waals surface area (Å²) in [5.74, 6) is 1.10. The minimum absolute atomic E-state index is 0.0520. The van der Waals surface area contributed by atoms with E-state index in [0.717, 1.165) is 24.4 Å². The molecule has 2 aromatic rings. The zero-order valence-corrected chi connectivity index (χ0v) is 12.5. The molecule has 0 saturated heterocycles. The van der Waals surface area contributed by atoms with Crippen molar-refractivity contribution in [1.82, 2.24) is 4.98 Å². The summed E-state index contributed by atoms with van der Waals surface area (Å²) in [4.78, 5) is 15.3. The Morgan fingerprint density at radius 3 is 2.59 bits per heavy atom. The van der Waals surface area contributed by atoms with Gasteiger partial charge >= 0.3 is 0 Å². The number of aromatic nitrogens is 1. The Labute approximate surface area is 129 Å². The standard InChI is InChI=1S/C16H20N4O2/c1-22-14-5-2-12(3-6-14)8-9-18-13-4-7-15(19-11-13)20-16(21)10-17/h2-7,11,18H,8-10,17H2,1H3,(H,19,20,21). The van der Waals surface area contributed by atoms with Gasteiger partial charge in [0.15, 0.2) is 0 Å². The first kappa shape index (κ1) is 15.8. The molecule has 0 aliphatic heterocycles. The van der Waals surface area contributed by atoms with Gasteiger partial charge in [-0.15, -0.1) is 0 Å². The van der Waals surface area contributed by atoms with Crippen LogP contribution < -0.4 is 21.1 Å². The summed E-state index contributed by atoms with van der Waals surface area (Å²) in [6.07, 6.45) is 2.58. The molecule has 0 saturated carbocycles. The molecule has 0 aliphatic rings. The molecule has 0 bridgehead atoms. The third kappa shape index (κ3) is 4.75. The van der Waals surface area contributed by atoms with E-state index in [1.54, 1.807) is 19.4 Å². The molecule has 1 aromatic carbocycles. The van der Waals surface area contributed by atoms with E-state index in [2.05, 4.69) is 15.6 Å². The molecule has 0 spiro atoms. The Morgan fingerprint density at radius 2 is 2.00 bits per heavy atom. The van der Waals surface area contributed by atoms with Crippen LogP contribution in [0.4, 0.5) is 11.5 Å². The summed E-state index contributed by atoms with van der Waals surface area (Å²) in [5, 5.41) is 5.88. The molecule has 1 heterocycles. The van der Waals surface area contributed by atoms with Gasteiger partial charge in [0.05, 0.1) is 25.5 Å². The van der Waals surface area contributed by atoms with Crippen molar-refractivity contribution in [2.75, 3.05) is 30.8 Å². The second-order valence-electron chi connectivity index (χ2n) is 4.71. The largest absolute Gasteiger partial charge is 0.497 e. The smallest absolute Gasteiger partial charge is 0.239 e. The Hall–Kier alpha value is -2.60. The van der Waals surface area contributed by atoms with Crippen LogP contribution in [0.15, 0.2) is 42.6 Å². The highest BCUT2D eigenvalue weighted by Crippen LogP contribution is 2.13. The number of methoxy groups -OCH3 is 1. The van der Waals surface area contributed by atoms with Crippen molar-refractivity contribution in [1.29, 1.82) is 0 Å². The molecule has 0 atom stereocenters. The molecule has 0 fully saturated rings. The highest BCUT2D eigenvalue weighted by Gasteiger charge is 2.00. The van der Waals surface area contributed by atoms with Crippen LogP contribution in [0.3, 0.4) is 0 Å². The lowest BCUT2D eigenvalue weighted by molar-refractivity contribution is -0.114. The fraction of sp³-hybridized carbons (Fsp3) is 0.250. The van der Waals surface area contributed by atoms with Crippen molar-refractivity contribution < 1.29 is 9.53 Å². The second kappa shape index (κ2) is 7.99. The maximum absolute atomic E-state index is 11.1.